The average molecular weight is 487 g/mol. The molecule has 2 heterocycles. The third-order valence-electron chi connectivity index (χ3n) is 5.69. The predicted molar refractivity (Wildman–Crippen MR) is 141 cm³/mol. The number of nitrogens with zero attached hydrogens (tertiary/aromatic N) is 2. The van der Waals surface area contributed by atoms with Gasteiger partial charge in [0, 0.05) is 5.56 Å². The molecule has 0 spiro atoms. The van der Waals surface area contributed by atoms with Gasteiger partial charge >= 0.3 is 6.09 Å². The van der Waals surface area contributed by atoms with Crippen molar-refractivity contribution >= 4 is 17.5 Å². The van der Waals surface area contributed by atoms with Crippen LogP contribution < -0.4 is 4.90 Å². The number of amides is 1. The van der Waals surface area contributed by atoms with Crippen molar-refractivity contribution < 1.29 is 19.0 Å². The number of benzene rings is 2. The van der Waals surface area contributed by atoms with Crippen molar-refractivity contribution in [1.29, 1.82) is 0 Å². The van der Waals surface area contributed by atoms with Crippen molar-refractivity contribution in [1.82, 2.24) is 4.98 Å². The van der Waals surface area contributed by atoms with E-state index in [1.165, 1.54) is 5.57 Å². The van der Waals surface area contributed by atoms with Gasteiger partial charge in [0.25, 0.3) is 0 Å². The third-order valence-corrected chi connectivity index (χ3v) is 5.69. The maximum absolute atomic E-state index is 13.3. The molecule has 0 unspecified atom stereocenters. The Kier molecular flexibility index (Phi) is 8.52. The fourth-order valence-corrected chi connectivity index (χ4v) is 3.98. The first kappa shape index (κ1) is 25.6. The summed E-state index contributed by atoms with van der Waals surface area (Å²) in [6, 6.07) is 23.8. The van der Waals surface area contributed by atoms with Gasteiger partial charge in [-0.25, -0.2) is 9.78 Å². The van der Waals surface area contributed by atoms with E-state index in [9.17, 15) is 4.79 Å². The molecule has 3 aromatic rings. The van der Waals surface area contributed by atoms with Crippen molar-refractivity contribution in [2.24, 2.45) is 0 Å². The van der Waals surface area contributed by atoms with Crippen molar-refractivity contribution in [3.8, 4) is 0 Å². The van der Waals surface area contributed by atoms with Gasteiger partial charge in [0.15, 0.2) is 0 Å². The normalized spacial score (nSPS) is 13.7. The Morgan fingerprint density at radius 3 is 2.28 bits per heavy atom. The highest BCUT2D eigenvalue weighted by molar-refractivity contribution is 5.87. The van der Waals surface area contributed by atoms with Crippen LogP contribution in [0.15, 0.2) is 78.9 Å². The minimum Gasteiger partial charge on any atom is -0.443 e. The topological polar surface area (TPSA) is 60.9 Å². The van der Waals surface area contributed by atoms with Gasteiger partial charge in [0.05, 0.1) is 38.7 Å². The molecule has 1 aromatic heterocycles. The number of carbonyl (C=O) groups excluding carboxylic acids is 1. The molecule has 1 aliphatic rings. The first-order chi connectivity index (χ1) is 17.4. The molecule has 188 valence electrons. The third kappa shape index (κ3) is 7.26. The van der Waals surface area contributed by atoms with Crippen LogP contribution in [0.4, 0.5) is 10.6 Å². The van der Waals surface area contributed by atoms with E-state index in [1.54, 1.807) is 4.90 Å². The highest BCUT2D eigenvalue weighted by atomic mass is 16.6. The summed E-state index contributed by atoms with van der Waals surface area (Å²) in [5, 5.41) is 0. The zero-order valence-electron chi connectivity index (χ0n) is 21.3. The molecule has 4 rings (SSSR count). The van der Waals surface area contributed by atoms with Crippen LogP contribution >= 0.6 is 0 Å². The van der Waals surface area contributed by atoms with Gasteiger partial charge in [-0.05, 0) is 56.0 Å². The molecule has 36 heavy (non-hydrogen) atoms. The van der Waals surface area contributed by atoms with Gasteiger partial charge < -0.3 is 14.2 Å². The maximum Gasteiger partial charge on any atom is 0.416 e. The smallest absolute Gasteiger partial charge is 0.416 e. The Labute approximate surface area is 213 Å². The van der Waals surface area contributed by atoms with E-state index in [0.29, 0.717) is 38.8 Å². The summed E-state index contributed by atoms with van der Waals surface area (Å²) in [7, 11) is 0. The molecule has 2 aromatic carbocycles. The van der Waals surface area contributed by atoms with Crippen molar-refractivity contribution in [3.63, 3.8) is 0 Å². The molecule has 0 aliphatic carbocycles. The first-order valence-corrected chi connectivity index (χ1v) is 12.3. The molecule has 0 saturated carbocycles. The number of hydrogen-bond donors (Lipinski definition) is 0. The lowest BCUT2D eigenvalue weighted by molar-refractivity contribution is 0.0576. The number of carbonyl (C=O) groups is 1. The lowest BCUT2D eigenvalue weighted by atomic mass is 10.00. The number of anilines is 1. The quantitative estimate of drug-likeness (QED) is 0.362. The molecule has 0 fully saturated rings. The Bertz CT molecular complexity index is 1170. The van der Waals surface area contributed by atoms with Gasteiger partial charge in [-0.15, -0.1) is 0 Å². The molecule has 1 amide bonds. The molecule has 6 heteroatoms. The lowest BCUT2D eigenvalue weighted by Crippen LogP contribution is -2.37. The summed E-state index contributed by atoms with van der Waals surface area (Å²) in [6.45, 7) is 8.00. The molecule has 0 N–H and O–H groups in total. The molecule has 0 saturated heterocycles. The Hall–Kier alpha value is -3.48. The van der Waals surface area contributed by atoms with Gasteiger partial charge in [0.2, 0.25) is 0 Å². The SMILES string of the molecule is CC(C)(C)OC(=O)N(Cc1ccccc1)c1ccc(C2=CCOCC2)c(COCc2ccccc2)n1. The van der Waals surface area contributed by atoms with E-state index < -0.39 is 11.7 Å². The number of rotatable bonds is 8. The Morgan fingerprint density at radius 1 is 0.944 bits per heavy atom. The van der Waals surface area contributed by atoms with Gasteiger partial charge in [-0.3, -0.25) is 4.90 Å². The molecule has 0 bridgehead atoms. The van der Waals surface area contributed by atoms with E-state index >= 15 is 0 Å². The zero-order valence-corrected chi connectivity index (χ0v) is 21.3. The molecule has 0 radical (unpaired) electrons. The highest BCUT2D eigenvalue weighted by Gasteiger charge is 2.26. The minimum atomic E-state index is -0.625. The Balaban J connectivity index is 1.65. The lowest BCUT2D eigenvalue weighted by Gasteiger charge is -2.27. The van der Waals surface area contributed by atoms with Gasteiger partial charge in [-0.1, -0.05) is 66.7 Å². The van der Waals surface area contributed by atoms with E-state index in [4.69, 9.17) is 19.2 Å². The second-order valence-electron chi connectivity index (χ2n) is 9.75. The van der Waals surface area contributed by atoms with E-state index in [-0.39, 0.29) is 0 Å². The molecule has 1 aliphatic heterocycles. The van der Waals surface area contributed by atoms with E-state index in [2.05, 4.69) is 6.08 Å². The van der Waals surface area contributed by atoms with Crippen molar-refractivity contribution in [2.45, 2.75) is 52.6 Å². The largest absolute Gasteiger partial charge is 0.443 e. The van der Waals surface area contributed by atoms with Crippen LogP contribution in [0.2, 0.25) is 0 Å². The molecule has 6 nitrogen and oxygen atoms in total. The number of hydrogen-bond acceptors (Lipinski definition) is 5. The number of ether oxygens (including phenoxy) is 3. The van der Waals surface area contributed by atoms with Crippen LogP contribution in [0.1, 0.15) is 49.6 Å². The fraction of sp³-hybridized carbons (Fsp3) is 0.333. The first-order valence-electron chi connectivity index (χ1n) is 12.3. The number of pyridine rings is 1. The van der Waals surface area contributed by atoms with Crippen LogP contribution in [0, 0.1) is 0 Å². The summed E-state index contributed by atoms with van der Waals surface area (Å²) >= 11 is 0. The summed E-state index contributed by atoms with van der Waals surface area (Å²) in [4.78, 5) is 19.8. The Morgan fingerprint density at radius 2 is 1.64 bits per heavy atom. The summed E-state index contributed by atoms with van der Waals surface area (Å²) in [5.74, 6) is 0.530. The average Bonchev–Trinajstić information content (AvgIpc) is 2.88. The summed E-state index contributed by atoms with van der Waals surface area (Å²) in [6.07, 6.45) is 2.47. The van der Waals surface area contributed by atoms with Crippen LogP contribution in [-0.4, -0.2) is 29.9 Å². The van der Waals surface area contributed by atoms with Crippen molar-refractivity contribution in [3.05, 3.63) is 101 Å². The molecular formula is C30H34N2O4. The van der Waals surface area contributed by atoms with E-state index in [0.717, 1.165) is 28.8 Å². The summed E-state index contributed by atoms with van der Waals surface area (Å²) < 4.78 is 17.3. The second kappa shape index (κ2) is 12.0. The van der Waals surface area contributed by atoms with Crippen LogP contribution in [0.3, 0.4) is 0 Å². The van der Waals surface area contributed by atoms with Gasteiger partial charge in [-0.2, -0.15) is 0 Å². The minimum absolute atomic E-state index is 0.323. The van der Waals surface area contributed by atoms with Crippen LogP contribution in [0.5, 0.6) is 0 Å². The second-order valence-corrected chi connectivity index (χ2v) is 9.75. The monoisotopic (exact) mass is 486 g/mol. The molecular weight excluding hydrogens is 452 g/mol. The predicted octanol–water partition coefficient (Wildman–Crippen LogP) is 6.54. The standard InChI is InChI=1S/C30H34N2O4/c1-30(2,3)36-29(33)32(20-23-10-6-4-7-11-23)28-15-14-26(25-16-18-34-19-17-25)27(31-28)22-35-21-24-12-8-5-9-13-24/h4-16H,17-22H2,1-3H3. The fourth-order valence-electron chi connectivity index (χ4n) is 3.98. The zero-order chi connectivity index (χ0) is 25.4. The van der Waals surface area contributed by atoms with Crippen molar-refractivity contribution in [2.75, 3.05) is 18.1 Å². The highest BCUT2D eigenvalue weighted by Crippen LogP contribution is 2.28. The van der Waals surface area contributed by atoms with Gasteiger partial charge in [0.1, 0.15) is 11.4 Å². The number of aromatic nitrogens is 1. The summed E-state index contributed by atoms with van der Waals surface area (Å²) in [5.41, 5.74) is 4.46. The van der Waals surface area contributed by atoms with Crippen LogP contribution in [-0.2, 0) is 34.0 Å². The van der Waals surface area contributed by atoms with E-state index in [1.807, 2.05) is 93.6 Å². The molecule has 0 atom stereocenters. The maximum atomic E-state index is 13.3. The van der Waals surface area contributed by atoms with Crippen LogP contribution in [0.25, 0.3) is 5.57 Å².